The van der Waals surface area contributed by atoms with Gasteiger partial charge in [0.1, 0.15) is 0 Å². The van der Waals surface area contributed by atoms with Crippen LogP contribution in [0.2, 0.25) is 5.02 Å². The predicted octanol–water partition coefficient (Wildman–Crippen LogP) is 2.12. The van der Waals surface area contributed by atoms with Crippen LogP contribution in [-0.4, -0.2) is 19.6 Å². The van der Waals surface area contributed by atoms with Crippen LogP contribution >= 0.6 is 11.6 Å². The molecule has 2 N–H and O–H groups in total. The molecule has 1 aromatic carbocycles. The summed E-state index contributed by atoms with van der Waals surface area (Å²) in [5.74, 6) is 0. The van der Waals surface area contributed by atoms with Gasteiger partial charge in [-0.3, -0.25) is 0 Å². The first kappa shape index (κ1) is 10.4. The second kappa shape index (κ2) is 4.49. The second-order valence-corrected chi connectivity index (χ2v) is 3.61. The molecule has 0 aromatic heterocycles. The van der Waals surface area contributed by atoms with Crippen molar-refractivity contribution in [3.8, 4) is 0 Å². The molecular weight excluding hydrogens is 184 g/mol. The molecule has 0 spiro atoms. The number of nitrogens with zero attached hydrogens (tertiary/aromatic N) is 1. The molecule has 1 atom stereocenters. The Morgan fingerprint density at radius 2 is 2.23 bits per heavy atom. The lowest BCUT2D eigenvalue weighted by atomic mass is 10.2. The first-order valence-corrected chi connectivity index (χ1v) is 4.71. The van der Waals surface area contributed by atoms with Crippen molar-refractivity contribution in [3.63, 3.8) is 0 Å². The fourth-order valence-corrected chi connectivity index (χ4v) is 1.29. The number of nitrogens with two attached hydrogens (primary N) is 1. The van der Waals surface area contributed by atoms with Gasteiger partial charge in [0.25, 0.3) is 0 Å². The maximum absolute atomic E-state index is 5.88. The molecule has 13 heavy (non-hydrogen) atoms. The third-order valence-corrected chi connectivity index (χ3v) is 2.45. The van der Waals surface area contributed by atoms with Crippen molar-refractivity contribution in [1.82, 2.24) is 0 Å². The summed E-state index contributed by atoms with van der Waals surface area (Å²) in [6.45, 7) is 2.73. The van der Waals surface area contributed by atoms with Crippen LogP contribution in [0.1, 0.15) is 6.92 Å². The first-order chi connectivity index (χ1) is 6.15. The molecule has 1 rings (SSSR count). The highest BCUT2D eigenvalue weighted by Crippen LogP contribution is 2.19. The van der Waals surface area contributed by atoms with Crippen LogP contribution in [0.3, 0.4) is 0 Å². The maximum atomic E-state index is 5.88. The standard InChI is InChI=1S/C10H15ClN2/c1-8(7-12)13(2)10-5-3-4-9(11)6-10/h3-6,8H,7,12H2,1-2H3. The molecule has 0 bridgehead atoms. The molecule has 0 radical (unpaired) electrons. The molecule has 0 heterocycles. The van der Waals surface area contributed by atoms with Gasteiger partial charge in [0, 0.05) is 30.3 Å². The van der Waals surface area contributed by atoms with Gasteiger partial charge in [0.05, 0.1) is 0 Å². The zero-order chi connectivity index (χ0) is 9.84. The van der Waals surface area contributed by atoms with E-state index in [1.54, 1.807) is 0 Å². The van der Waals surface area contributed by atoms with E-state index in [-0.39, 0.29) is 0 Å². The van der Waals surface area contributed by atoms with Crippen LogP contribution in [0, 0.1) is 0 Å². The van der Waals surface area contributed by atoms with Gasteiger partial charge in [-0.05, 0) is 25.1 Å². The summed E-state index contributed by atoms with van der Waals surface area (Å²) in [4.78, 5) is 2.12. The predicted molar refractivity (Wildman–Crippen MR) is 58.4 cm³/mol. The van der Waals surface area contributed by atoms with Crippen LogP contribution < -0.4 is 10.6 Å². The number of rotatable bonds is 3. The van der Waals surface area contributed by atoms with Crippen molar-refractivity contribution >= 4 is 17.3 Å². The number of anilines is 1. The molecular formula is C10H15ClN2. The summed E-state index contributed by atoms with van der Waals surface area (Å²) in [7, 11) is 2.02. The van der Waals surface area contributed by atoms with Gasteiger partial charge in [-0.2, -0.15) is 0 Å². The van der Waals surface area contributed by atoms with Crippen molar-refractivity contribution in [2.24, 2.45) is 5.73 Å². The molecule has 0 aliphatic heterocycles. The lowest BCUT2D eigenvalue weighted by Crippen LogP contribution is -2.35. The maximum Gasteiger partial charge on any atom is 0.0426 e. The van der Waals surface area contributed by atoms with E-state index in [0.717, 1.165) is 10.7 Å². The number of benzene rings is 1. The van der Waals surface area contributed by atoms with E-state index in [4.69, 9.17) is 17.3 Å². The zero-order valence-electron chi connectivity index (χ0n) is 8.00. The fraction of sp³-hybridized carbons (Fsp3) is 0.400. The molecule has 0 amide bonds. The fourth-order valence-electron chi connectivity index (χ4n) is 1.11. The number of halogens is 1. The Kier molecular flexibility index (Phi) is 3.58. The molecule has 0 saturated heterocycles. The SMILES string of the molecule is CC(CN)N(C)c1cccc(Cl)c1. The summed E-state index contributed by atoms with van der Waals surface area (Å²) >= 11 is 5.88. The summed E-state index contributed by atoms with van der Waals surface area (Å²) in [6, 6.07) is 8.10. The lowest BCUT2D eigenvalue weighted by molar-refractivity contribution is 0.695. The Balaban J connectivity index is 2.82. The largest absolute Gasteiger partial charge is 0.371 e. The molecule has 72 valence electrons. The van der Waals surface area contributed by atoms with Crippen molar-refractivity contribution < 1.29 is 0 Å². The average Bonchev–Trinajstić information content (AvgIpc) is 2.15. The average molecular weight is 199 g/mol. The van der Waals surface area contributed by atoms with Crippen molar-refractivity contribution in [2.45, 2.75) is 13.0 Å². The Hall–Kier alpha value is -0.730. The Morgan fingerprint density at radius 1 is 1.54 bits per heavy atom. The van der Waals surface area contributed by atoms with E-state index in [1.807, 2.05) is 31.3 Å². The van der Waals surface area contributed by atoms with Gasteiger partial charge in [0.15, 0.2) is 0 Å². The molecule has 3 heteroatoms. The minimum Gasteiger partial charge on any atom is -0.371 e. The topological polar surface area (TPSA) is 29.3 Å². The van der Waals surface area contributed by atoms with E-state index < -0.39 is 0 Å². The van der Waals surface area contributed by atoms with Gasteiger partial charge in [-0.1, -0.05) is 17.7 Å². The number of hydrogen-bond acceptors (Lipinski definition) is 2. The minimum absolute atomic E-state index is 0.332. The molecule has 0 aliphatic carbocycles. The Bertz CT molecular complexity index is 275. The van der Waals surface area contributed by atoms with Gasteiger partial charge < -0.3 is 10.6 Å². The Labute approximate surface area is 84.3 Å². The van der Waals surface area contributed by atoms with Crippen LogP contribution in [0.4, 0.5) is 5.69 Å². The first-order valence-electron chi connectivity index (χ1n) is 4.33. The van der Waals surface area contributed by atoms with Crippen LogP contribution in [-0.2, 0) is 0 Å². The second-order valence-electron chi connectivity index (χ2n) is 3.18. The van der Waals surface area contributed by atoms with Crippen molar-refractivity contribution in [3.05, 3.63) is 29.3 Å². The molecule has 0 saturated carbocycles. The summed E-state index contributed by atoms with van der Waals surface area (Å²) < 4.78 is 0. The van der Waals surface area contributed by atoms with Gasteiger partial charge in [-0.15, -0.1) is 0 Å². The van der Waals surface area contributed by atoms with Gasteiger partial charge in [0.2, 0.25) is 0 Å². The van der Waals surface area contributed by atoms with Crippen LogP contribution in [0.15, 0.2) is 24.3 Å². The highest BCUT2D eigenvalue weighted by atomic mass is 35.5. The van der Waals surface area contributed by atoms with E-state index in [0.29, 0.717) is 12.6 Å². The molecule has 1 aromatic rings. The summed E-state index contributed by atoms with van der Waals surface area (Å²) in [6.07, 6.45) is 0. The minimum atomic E-state index is 0.332. The Morgan fingerprint density at radius 3 is 2.77 bits per heavy atom. The molecule has 0 fully saturated rings. The monoisotopic (exact) mass is 198 g/mol. The third kappa shape index (κ3) is 2.61. The third-order valence-electron chi connectivity index (χ3n) is 2.22. The summed E-state index contributed by atoms with van der Waals surface area (Å²) in [5.41, 5.74) is 6.68. The van der Waals surface area contributed by atoms with Crippen LogP contribution in [0.5, 0.6) is 0 Å². The van der Waals surface area contributed by atoms with Crippen LogP contribution in [0.25, 0.3) is 0 Å². The normalized spacial score (nSPS) is 12.6. The smallest absolute Gasteiger partial charge is 0.0426 e. The van der Waals surface area contributed by atoms with E-state index in [2.05, 4.69) is 11.8 Å². The zero-order valence-corrected chi connectivity index (χ0v) is 8.75. The lowest BCUT2D eigenvalue weighted by Gasteiger charge is -2.25. The molecule has 1 unspecified atom stereocenters. The molecule has 0 aliphatic rings. The summed E-state index contributed by atoms with van der Waals surface area (Å²) in [5, 5.41) is 0.758. The van der Waals surface area contributed by atoms with E-state index in [9.17, 15) is 0 Å². The van der Waals surface area contributed by atoms with Crippen molar-refractivity contribution in [1.29, 1.82) is 0 Å². The highest BCUT2D eigenvalue weighted by molar-refractivity contribution is 6.30. The quantitative estimate of drug-likeness (QED) is 0.807. The van der Waals surface area contributed by atoms with E-state index in [1.165, 1.54) is 0 Å². The molecule has 2 nitrogen and oxygen atoms in total. The number of hydrogen-bond donors (Lipinski definition) is 1. The van der Waals surface area contributed by atoms with E-state index >= 15 is 0 Å². The van der Waals surface area contributed by atoms with Gasteiger partial charge >= 0.3 is 0 Å². The number of likely N-dealkylation sites (N-methyl/N-ethyl adjacent to an activating group) is 1. The van der Waals surface area contributed by atoms with Crippen molar-refractivity contribution in [2.75, 3.05) is 18.5 Å². The van der Waals surface area contributed by atoms with Gasteiger partial charge in [-0.25, -0.2) is 0 Å². The highest BCUT2D eigenvalue weighted by Gasteiger charge is 2.07.